The van der Waals surface area contributed by atoms with Crippen molar-refractivity contribution in [1.29, 1.82) is 0 Å². The van der Waals surface area contributed by atoms with E-state index in [0.29, 0.717) is 5.92 Å². The molecule has 13 heavy (non-hydrogen) atoms. The fourth-order valence-corrected chi connectivity index (χ4v) is 1.65. The highest BCUT2D eigenvalue weighted by Crippen LogP contribution is 2.17. The van der Waals surface area contributed by atoms with Crippen LogP contribution >= 0.6 is 0 Å². The average molecular weight is 182 g/mol. The van der Waals surface area contributed by atoms with Crippen LogP contribution in [0.2, 0.25) is 0 Å². The van der Waals surface area contributed by atoms with E-state index < -0.39 is 0 Å². The lowest BCUT2D eigenvalue weighted by atomic mass is 9.95. The number of aliphatic hydroxyl groups excluding tert-OH is 1. The van der Waals surface area contributed by atoms with Gasteiger partial charge in [0.15, 0.2) is 0 Å². The van der Waals surface area contributed by atoms with Gasteiger partial charge in [-0.15, -0.1) is 0 Å². The normalized spacial score (nSPS) is 13.1. The highest BCUT2D eigenvalue weighted by molar-refractivity contribution is 4.99. The van der Waals surface area contributed by atoms with Crippen LogP contribution in [0.5, 0.6) is 0 Å². The molecule has 0 fully saturated rings. The van der Waals surface area contributed by atoms with E-state index in [2.05, 4.69) is 6.92 Å². The zero-order valence-electron chi connectivity index (χ0n) is 8.20. The molecule has 0 spiro atoms. The molecule has 74 valence electrons. The van der Waals surface area contributed by atoms with Gasteiger partial charge in [0.1, 0.15) is 5.76 Å². The molecular weight excluding hydrogens is 164 g/mol. The van der Waals surface area contributed by atoms with Gasteiger partial charge in [0.25, 0.3) is 0 Å². The molecule has 0 bridgehead atoms. The second-order valence-corrected chi connectivity index (χ2v) is 3.45. The minimum Gasteiger partial charge on any atom is -0.469 e. The van der Waals surface area contributed by atoms with Crippen molar-refractivity contribution in [2.45, 2.75) is 32.6 Å². The molecule has 1 rings (SSSR count). The van der Waals surface area contributed by atoms with E-state index in [1.165, 1.54) is 12.8 Å². The van der Waals surface area contributed by atoms with Gasteiger partial charge in [0.2, 0.25) is 0 Å². The van der Waals surface area contributed by atoms with Crippen LogP contribution in [0.4, 0.5) is 0 Å². The summed E-state index contributed by atoms with van der Waals surface area (Å²) in [7, 11) is 0. The van der Waals surface area contributed by atoms with Gasteiger partial charge >= 0.3 is 0 Å². The maximum atomic E-state index is 8.86. The predicted octanol–water partition coefficient (Wildman–Crippen LogP) is 2.62. The van der Waals surface area contributed by atoms with Gasteiger partial charge in [-0.3, -0.25) is 0 Å². The fraction of sp³-hybridized carbons (Fsp3) is 0.636. The summed E-state index contributed by atoms with van der Waals surface area (Å²) in [5.74, 6) is 1.60. The molecule has 0 radical (unpaired) electrons. The monoisotopic (exact) mass is 182 g/mol. The summed E-state index contributed by atoms with van der Waals surface area (Å²) in [6.07, 6.45) is 5.89. The van der Waals surface area contributed by atoms with E-state index in [1.54, 1.807) is 6.26 Å². The fourth-order valence-electron chi connectivity index (χ4n) is 1.65. The van der Waals surface area contributed by atoms with Crippen LogP contribution in [-0.4, -0.2) is 11.7 Å². The lowest BCUT2D eigenvalue weighted by Gasteiger charge is -2.12. The molecule has 0 aliphatic rings. The number of rotatable bonds is 6. The Labute approximate surface area is 79.6 Å². The first-order valence-corrected chi connectivity index (χ1v) is 5.00. The molecule has 1 heterocycles. The SMILES string of the molecule is CCCC(CCO)Cc1ccco1. The molecule has 2 heteroatoms. The Morgan fingerprint density at radius 2 is 2.31 bits per heavy atom. The summed E-state index contributed by atoms with van der Waals surface area (Å²) >= 11 is 0. The van der Waals surface area contributed by atoms with Crippen LogP contribution in [0.3, 0.4) is 0 Å². The maximum Gasteiger partial charge on any atom is 0.104 e. The minimum atomic E-state index is 0.283. The van der Waals surface area contributed by atoms with Crippen molar-refractivity contribution in [3.8, 4) is 0 Å². The third kappa shape index (κ3) is 3.64. The molecule has 1 N–H and O–H groups in total. The third-order valence-corrected chi connectivity index (χ3v) is 2.30. The number of hydrogen-bond donors (Lipinski definition) is 1. The lowest BCUT2D eigenvalue weighted by molar-refractivity contribution is 0.246. The topological polar surface area (TPSA) is 33.4 Å². The number of furan rings is 1. The Hall–Kier alpha value is -0.760. The second-order valence-electron chi connectivity index (χ2n) is 3.45. The van der Waals surface area contributed by atoms with E-state index in [4.69, 9.17) is 9.52 Å². The van der Waals surface area contributed by atoms with Gasteiger partial charge in [-0.05, 0) is 24.5 Å². The standard InChI is InChI=1S/C11H18O2/c1-2-4-10(6-7-12)9-11-5-3-8-13-11/h3,5,8,10,12H,2,4,6-7,9H2,1H3. The molecule has 0 aliphatic carbocycles. The Morgan fingerprint density at radius 3 is 2.85 bits per heavy atom. The zero-order chi connectivity index (χ0) is 9.52. The summed E-state index contributed by atoms with van der Waals surface area (Å²) < 4.78 is 5.28. The Morgan fingerprint density at radius 1 is 1.46 bits per heavy atom. The summed E-state index contributed by atoms with van der Waals surface area (Å²) in [5, 5.41) is 8.86. The van der Waals surface area contributed by atoms with Crippen LogP contribution in [0.15, 0.2) is 22.8 Å². The van der Waals surface area contributed by atoms with Gasteiger partial charge in [0, 0.05) is 13.0 Å². The molecule has 1 atom stereocenters. The van der Waals surface area contributed by atoms with Crippen LogP contribution in [0, 0.1) is 5.92 Å². The van der Waals surface area contributed by atoms with Crippen molar-refractivity contribution in [1.82, 2.24) is 0 Å². The Balaban J connectivity index is 2.37. The first kappa shape index (κ1) is 10.3. The van der Waals surface area contributed by atoms with E-state index in [9.17, 15) is 0 Å². The van der Waals surface area contributed by atoms with Gasteiger partial charge in [0.05, 0.1) is 6.26 Å². The molecule has 0 aromatic carbocycles. The largest absolute Gasteiger partial charge is 0.469 e. The summed E-state index contributed by atoms with van der Waals surface area (Å²) in [6, 6.07) is 3.91. The van der Waals surface area contributed by atoms with Crippen LogP contribution in [-0.2, 0) is 6.42 Å². The van der Waals surface area contributed by atoms with Crippen molar-refractivity contribution in [2.75, 3.05) is 6.61 Å². The average Bonchev–Trinajstić information content (AvgIpc) is 2.58. The van der Waals surface area contributed by atoms with Crippen LogP contribution in [0.25, 0.3) is 0 Å². The molecule has 2 nitrogen and oxygen atoms in total. The van der Waals surface area contributed by atoms with Gasteiger partial charge in [-0.1, -0.05) is 19.8 Å². The van der Waals surface area contributed by atoms with Crippen LogP contribution in [0.1, 0.15) is 31.9 Å². The molecule has 1 aromatic rings. The lowest BCUT2D eigenvalue weighted by Crippen LogP contribution is -2.06. The van der Waals surface area contributed by atoms with Gasteiger partial charge in [-0.25, -0.2) is 0 Å². The molecule has 1 unspecified atom stereocenters. The molecule has 0 amide bonds. The van der Waals surface area contributed by atoms with Crippen molar-refractivity contribution in [3.05, 3.63) is 24.2 Å². The quantitative estimate of drug-likeness (QED) is 0.733. The first-order valence-electron chi connectivity index (χ1n) is 5.00. The van der Waals surface area contributed by atoms with E-state index >= 15 is 0 Å². The maximum absolute atomic E-state index is 8.86. The second kappa shape index (κ2) is 5.81. The summed E-state index contributed by atoms with van der Waals surface area (Å²) in [4.78, 5) is 0. The smallest absolute Gasteiger partial charge is 0.104 e. The van der Waals surface area contributed by atoms with E-state index in [-0.39, 0.29) is 6.61 Å². The predicted molar refractivity (Wildman–Crippen MR) is 52.5 cm³/mol. The van der Waals surface area contributed by atoms with Crippen molar-refractivity contribution >= 4 is 0 Å². The zero-order valence-corrected chi connectivity index (χ0v) is 8.20. The van der Waals surface area contributed by atoms with Crippen molar-refractivity contribution in [2.24, 2.45) is 5.92 Å². The number of aliphatic hydroxyl groups is 1. The molecular formula is C11H18O2. The number of hydrogen-bond acceptors (Lipinski definition) is 2. The highest BCUT2D eigenvalue weighted by atomic mass is 16.3. The minimum absolute atomic E-state index is 0.283. The Bertz CT molecular complexity index is 198. The molecule has 0 aliphatic heterocycles. The summed E-state index contributed by atoms with van der Waals surface area (Å²) in [5.41, 5.74) is 0. The van der Waals surface area contributed by atoms with Gasteiger partial charge < -0.3 is 9.52 Å². The van der Waals surface area contributed by atoms with E-state index in [0.717, 1.165) is 18.6 Å². The molecule has 1 aromatic heterocycles. The van der Waals surface area contributed by atoms with Gasteiger partial charge in [-0.2, -0.15) is 0 Å². The van der Waals surface area contributed by atoms with Crippen LogP contribution < -0.4 is 0 Å². The molecule has 0 saturated heterocycles. The highest BCUT2D eigenvalue weighted by Gasteiger charge is 2.09. The van der Waals surface area contributed by atoms with E-state index in [1.807, 2.05) is 12.1 Å². The first-order chi connectivity index (χ1) is 6.36. The molecule has 0 saturated carbocycles. The third-order valence-electron chi connectivity index (χ3n) is 2.30. The Kier molecular flexibility index (Phi) is 4.61. The van der Waals surface area contributed by atoms with Crippen molar-refractivity contribution < 1.29 is 9.52 Å². The summed E-state index contributed by atoms with van der Waals surface area (Å²) in [6.45, 7) is 2.46. The van der Waals surface area contributed by atoms with Crippen molar-refractivity contribution in [3.63, 3.8) is 0 Å².